The quantitative estimate of drug-likeness (QED) is 0.285. The summed E-state index contributed by atoms with van der Waals surface area (Å²) in [7, 11) is 0. The lowest BCUT2D eigenvalue weighted by Gasteiger charge is -2.17. The second kappa shape index (κ2) is 10.0. The van der Waals surface area contributed by atoms with E-state index < -0.39 is 24.0 Å². The third-order valence-corrected chi connectivity index (χ3v) is 5.00. The number of carboxylic acid groups (broad SMARTS) is 2. The maximum absolute atomic E-state index is 11.3. The number of carbonyl (C=O) groups is 2. The summed E-state index contributed by atoms with van der Waals surface area (Å²) in [5.41, 5.74) is 12.7. The van der Waals surface area contributed by atoms with Gasteiger partial charge in [0.15, 0.2) is 11.5 Å². The van der Waals surface area contributed by atoms with E-state index in [1.165, 1.54) is 30.3 Å². The average Bonchev–Trinajstić information content (AvgIpc) is 2.77. The van der Waals surface area contributed by atoms with Crippen molar-refractivity contribution in [1.82, 2.24) is 0 Å². The first-order valence-corrected chi connectivity index (χ1v) is 10.0. The summed E-state index contributed by atoms with van der Waals surface area (Å²) in [6, 6.07) is 13.7. The first-order valence-electron chi connectivity index (χ1n) is 10.0. The second-order valence-electron chi connectivity index (χ2n) is 7.55. The van der Waals surface area contributed by atoms with Crippen molar-refractivity contribution < 1.29 is 34.8 Å². The molecule has 0 aromatic heterocycles. The Labute approximate surface area is 189 Å². The number of para-hydroxylation sites is 1. The van der Waals surface area contributed by atoms with Crippen LogP contribution in [0, 0.1) is 0 Å². The number of aromatic hydroxyl groups is 2. The van der Waals surface area contributed by atoms with Crippen LogP contribution in [0.1, 0.15) is 11.1 Å². The summed E-state index contributed by atoms with van der Waals surface area (Å²) in [5.74, 6) is -2.36. The Morgan fingerprint density at radius 1 is 0.788 bits per heavy atom. The molecule has 2 atom stereocenters. The van der Waals surface area contributed by atoms with Gasteiger partial charge in [-0.3, -0.25) is 9.59 Å². The van der Waals surface area contributed by atoms with E-state index in [4.69, 9.17) is 21.3 Å². The maximum atomic E-state index is 11.3. The number of phenolic OH excluding ortho intramolecular Hbond substituents is 2. The van der Waals surface area contributed by atoms with E-state index in [1.54, 1.807) is 30.3 Å². The first-order chi connectivity index (χ1) is 15.7. The van der Waals surface area contributed by atoms with Gasteiger partial charge in [-0.2, -0.15) is 0 Å². The fraction of sp³-hybridized carbons (Fsp3) is 0.167. The molecular weight excluding hydrogens is 428 g/mol. The summed E-state index contributed by atoms with van der Waals surface area (Å²) in [6.45, 7) is 0. The number of nitrogens with two attached hydrogens (primary N) is 2. The molecular formula is C24H24N2O7. The first kappa shape index (κ1) is 23.6. The third-order valence-electron chi connectivity index (χ3n) is 5.00. The van der Waals surface area contributed by atoms with Crippen LogP contribution in [-0.4, -0.2) is 44.4 Å². The Kier molecular flexibility index (Phi) is 7.17. The highest BCUT2D eigenvalue weighted by Crippen LogP contribution is 2.43. The van der Waals surface area contributed by atoms with E-state index in [1.807, 2.05) is 0 Å². The molecule has 8 N–H and O–H groups in total. The average molecular weight is 452 g/mol. The van der Waals surface area contributed by atoms with Crippen molar-refractivity contribution in [3.63, 3.8) is 0 Å². The highest BCUT2D eigenvalue weighted by Gasteiger charge is 2.21. The van der Waals surface area contributed by atoms with Gasteiger partial charge in [-0.15, -0.1) is 0 Å². The molecule has 0 bridgehead atoms. The Bertz CT molecular complexity index is 1160. The fourth-order valence-electron chi connectivity index (χ4n) is 3.29. The van der Waals surface area contributed by atoms with Gasteiger partial charge in [0.25, 0.3) is 0 Å². The van der Waals surface area contributed by atoms with Crippen molar-refractivity contribution in [1.29, 1.82) is 0 Å². The molecule has 0 aliphatic rings. The fourth-order valence-corrected chi connectivity index (χ4v) is 3.29. The molecule has 0 saturated carbocycles. The van der Waals surface area contributed by atoms with E-state index in [-0.39, 0.29) is 41.2 Å². The number of phenols is 2. The molecule has 3 aromatic rings. The number of rotatable bonds is 9. The second-order valence-corrected chi connectivity index (χ2v) is 7.55. The highest BCUT2D eigenvalue weighted by molar-refractivity contribution is 5.80. The van der Waals surface area contributed by atoms with Gasteiger partial charge in [-0.05, 0) is 60.4 Å². The van der Waals surface area contributed by atoms with Gasteiger partial charge in [-0.1, -0.05) is 24.3 Å². The minimum absolute atomic E-state index is 0.000324. The van der Waals surface area contributed by atoms with Crippen LogP contribution in [0.25, 0.3) is 11.1 Å². The molecule has 9 nitrogen and oxygen atoms in total. The van der Waals surface area contributed by atoms with Crippen LogP contribution in [0.4, 0.5) is 0 Å². The highest BCUT2D eigenvalue weighted by atomic mass is 16.5. The van der Waals surface area contributed by atoms with E-state index in [0.717, 1.165) is 0 Å². The van der Waals surface area contributed by atoms with E-state index in [0.29, 0.717) is 16.9 Å². The van der Waals surface area contributed by atoms with Crippen molar-refractivity contribution in [3.8, 4) is 34.1 Å². The lowest BCUT2D eigenvalue weighted by molar-refractivity contribution is -0.139. The Morgan fingerprint density at radius 3 is 1.97 bits per heavy atom. The minimum Gasteiger partial charge on any atom is -0.507 e. The Hall–Kier alpha value is -4.08. The molecule has 0 fully saturated rings. The third kappa shape index (κ3) is 5.79. The van der Waals surface area contributed by atoms with Gasteiger partial charge < -0.3 is 36.6 Å². The van der Waals surface area contributed by atoms with Gasteiger partial charge >= 0.3 is 11.9 Å². The zero-order chi connectivity index (χ0) is 24.1. The van der Waals surface area contributed by atoms with E-state index >= 15 is 0 Å². The molecule has 33 heavy (non-hydrogen) atoms. The van der Waals surface area contributed by atoms with E-state index in [2.05, 4.69) is 0 Å². The molecule has 0 radical (unpaired) electrons. The summed E-state index contributed by atoms with van der Waals surface area (Å²) in [5, 5.41) is 39.7. The van der Waals surface area contributed by atoms with Crippen LogP contribution in [0.15, 0.2) is 60.7 Å². The summed E-state index contributed by atoms with van der Waals surface area (Å²) >= 11 is 0. The van der Waals surface area contributed by atoms with Crippen LogP contribution in [0.5, 0.6) is 23.0 Å². The van der Waals surface area contributed by atoms with Crippen LogP contribution in [0.2, 0.25) is 0 Å². The summed E-state index contributed by atoms with van der Waals surface area (Å²) in [4.78, 5) is 22.4. The molecule has 3 aromatic carbocycles. The molecule has 172 valence electrons. The lowest BCUT2D eigenvalue weighted by Crippen LogP contribution is -2.32. The molecule has 0 saturated heterocycles. The van der Waals surface area contributed by atoms with Crippen LogP contribution in [-0.2, 0) is 22.4 Å². The molecule has 0 aliphatic carbocycles. The number of benzene rings is 3. The molecule has 9 heteroatoms. The van der Waals surface area contributed by atoms with Gasteiger partial charge in [0, 0.05) is 11.1 Å². The monoisotopic (exact) mass is 452 g/mol. The lowest BCUT2D eigenvalue weighted by atomic mass is 9.94. The Morgan fingerprint density at radius 2 is 1.36 bits per heavy atom. The number of hydrogen-bond donors (Lipinski definition) is 6. The predicted molar refractivity (Wildman–Crippen MR) is 120 cm³/mol. The van der Waals surface area contributed by atoms with Crippen LogP contribution < -0.4 is 16.2 Å². The van der Waals surface area contributed by atoms with Gasteiger partial charge in [0.1, 0.15) is 23.6 Å². The summed E-state index contributed by atoms with van der Waals surface area (Å²) < 4.78 is 5.80. The molecule has 2 unspecified atom stereocenters. The number of carboxylic acids is 2. The van der Waals surface area contributed by atoms with Crippen molar-refractivity contribution in [2.75, 3.05) is 0 Å². The summed E-state index contributed by atoms with van der Waals surface area (Å²) in [6.07, 6.45) is -0.0571. The zero-order valence-electron chi connectivity index (χ0n) is 17.5. The minimum atomic E-state index is -1.19. The van der Waals surface area contributed by atoms with E-state index in [9.17, 15) is 24.9 Å². The smallest absolute Gasteiger partial charge is 0.320 e. The molecule has 0 amide bonds. The normalized spacial score (nSPS) is 12.7. The van der Waals surface area contributed by atoms with Crippen LogP contribution >= 0.6 is 0 Å². The standard InChI is InChI=1S/C24H24N2O7/c25-18(23(29)30)10-13-6-7-20(27)16(8-13)17-9-14(11-19(26)24(31)32)12-21(22(17)28)33-15-4-2-1-3-5-15/h1-9,12,18-19,27-28H,10-11,25-26H2,(H,29,30)(H,31,32). The maximum Gasteiger partial charge on any atom is 0.320 e. The van der Waals surface area contributed by atoms with Crippen molar-refractivity contribution in [3.05, 3.63) is 71.8 Å². The Balaban J connectivity index is 2.10. The number of aliphatic carboxylic acids is 2. The largest absolute Gasteiger partial charge is 0.507 e. The van der Waals surface area contributed by atoms with Crippen molar-refractivity contribution in [2.45, 2.75) is 24.9 Å². The molecule has 3 rings (SSSR count). The number of hydrogen-bond acceptors (Lipinski definition) is 7. The van der Waals surface area contributed by atoms with Crippen molar-refractivity contribution in [2.24, 2.45) is 11.5 Å². The zero-order valence-corrected chi connectivity index (χ0v) is 17.5. The molecule has 0 heterocycles. The number of ether oxygens (including phenoxy) is 1. The van der Waals surface area contributed by atoms with Crippen molar-refractivity contribution >= 4 is 11.9 Å². The molecule has 0 spiro atoms. The van der Waals surface area contributed by atoms with Crippen LogP contribution in [0.3, 0.4) is 0 Å². The topological polar surface area (TPSA) is 176 Å². The van der Waals surface area contributed by atoms with Gasteiger partial charge in [0.2, 0.25) is 0 Å². The van der Waals surface area contributed by atoms with Gasteiger partial charge in [-0.25, -0.2) is 0 Å². The predicted octanol–water partition coefficient (Wildman–Crippen LogP) is 2.47. The van der Waals surface area contributed by atoms with Gasteiger partial charge in [0.05, 0.1) is 0 Å². The SMILES string of the molecule is NC(Cc1ccc(O)c(-c2cc(CC(N)C(=O)O)cc(Oc3ccccc3)c2O)c1)C(=O)O. The molecule has 0 aliphatic heterocycles.